The van der Waals surface area contributed by atoms with Gasteiger partial charge in [0.25, 0.3) is 0 Å². The van der Waals surface area contributed by atoms with Gasteiger partial charge in [-0.25, -0.2) is 8.42 Å². The van der Waals surface area contributed by atoms with E-state index < -0.39 is 16.1 Å². The Morgan fingerprint density at radius 3 is 2.96 bits per heavy atom. The van der Waals surface area contributed by atoms with Crippen molar-refractivity contribution in [3.8, 4) is 0 Å². The first-order chi connectivity index (χ1) is 11.4. The van der Waals surface area contributed by atoms with Gasteiger partial charge < -0.3 is 4.90 Å². The van der Waals surface area contributed by atoms with Gasteiger partial charge in [0.1, 0.15) is 6.04 Å². The lowest BCUT2D eigenvalue weighted by Crippen LogP contribution is -2.40. The highest BCUT2D eigenvalue weighted by Gasteiger charge is 2.33. The number of pyridine rings is 1. The second-order valence-electron chi connectivity index (χ2n) is 5.57. The molecule has 1 atom stereocenters. The van der Waals surface area contributed by atoms with Crippen molar-refractivity contribution in [3.05, 3.63) is 53.0 Å². The molecular weight excluding hydrogens is 350 g/mol. The Kier molecular flexibility index (Phi) is 4.58. The van der Waals surface area contributed by atoms with Crippen LogP contribution in [0, 0.1) is 0 Å². The van der Waals surface area contributed by atoms with Gasteiger partial charge >= 0.3 is 0 Å². The molecular formula is C16H16ClN3O3S. The van der Waals surface area contributed by atoms with Crippen molar-refractivity contribution in [3.63, 3.8) is 0 Å². The molecule has 1 saturated heterocycles. The van der Waals surface area contributed by atoms with Crippen molar-refractivity contribution in [1.29, 1.82) is 0 Å². The first kappa shape index (κ1) is 16.9. The molecule has 1 amide bonds. The van der Waals surface area contributed by atoms with Gasteiger partial charge in [-0.3, -0.25) is 9.78 Å². The van der Waals surface area contributed by atoms with Crippen molar-refractivity contribution < 1.29 is 13.2 Å². The Morgan fingerprint density at radius 1 is 1.42 bits per heavy atom. The largest absolute Gasteiger partial charge is 0.337 e. The molecule has 24 heavy (non-hydrogen) atoms. The lowest BCUT2D eigenvalue weighted by molar-refractivity contribution is -0.129. The quantitative estimate of drug-likeness (QED) is 0.879. The van der Waals surface area contributed by atoms with E-state index in [1.165, 1.54) is 0 Å². The van der Waals surface area contributed by atoms with Gasteiger partial charge in [0.2, 0.25) is 15.9 Å². The predicted molar refractivity (Wildman–Crippen MR) is 92.8 cm³/mol. The van der Waals surface area contributed by atoms with Gasteiger partial charge in [0.15, 0.2) is 0 Å². The average Bonchev–Trinajstić information content (AvgIpc) is 2.88. The summed E-state index contributed by atoms with van der Waals surface area (Å²) in [5.41, 5.74) is 1.67. The molecule has 1 N–H and O–H groups in total. The molecule has 1 aliphatic heterocycles. The molecule has 1 aromatic carbocycles. The SMILES string of the molecule is C=CS(=O)(=O)NC1CCN(Cc2ccc3c(Cl)ccnc3c2)C1=O. The third kappa shape index (κ3) is 3.43. The number of carbonyl (C=O) groups is 1. The highest BCUT2D eigenvalue weighted by atomic mass is 35.5. The maximum Gasteiger partial charge on any atom is 0.241 e. The zero-order valence-electron chi connectivity index (χ0n) is 12.8. The maximum absolute atomic E-state index is 12.3. The van der Waals surface area contributed by atoms with Crippen LogP contribution in [0.1, 0.15) is 12.0 Å². The Bertz CT molecular complexity index is 914. The van der Waals surface area contributed by atoms with Gasteiger partial charge in [0, 0.05) is 30.1 Å². The second-order valence-corrected chi connectivity index (χ2v) is 7.64. The number of benzene rings is 1. The Labute approximate surface area is 145 Å². The van der Waals surface area contributed by atoms with Gasteiger partial charge in [-0.05, 0) is 24.1 Å². The molecule has 0 aliphatic carbocycles. The summed E-state index contributed by atoms with van der Waals surface area (Å²) in [6.07, 6.45) is 2.07. The molecule has 1 aromatic heterocycles. The number of sulfonamides is 1. The molecule has 3 rings (SSSR count). The van der Waals surface area contributed by atoms with Crippen LogP contribution in [0.25, 0.3) is 10.9 Å². The van der Waals surface area contributed by atoms with Crippen molar-refractivity contribution in [2.75, 3.05) is 6.54 Å². The van der Waals surface area contributed by atoms with Gasteiger partial charge in [-0.2, -0.15) is 4.72 Å². The summed E-state index contributed by atoms with van der Waals surface area (Å²) in [5.74, 6) is -0.237. The number of aromatic nitrogens is 1. The van der Waals surface area contributed by atoms with Crippen LogP contribution in [-0.4, -0.2) is 36.8 Å². The molecule has 1 unspecified atom stereocenters. The van der Waals surface area contributed by atoms with Crippen LogP contribution in [0.2, 0.25) is 5.02 Å². The number of nitrogens with zero attached hydrogens (tertiary/aromatic N) is 2. The lowest BCUT2D eigenvalue weighted by atomic mass is 10.1. The molecule has 1 fully saturated rings. The van der Waals surface area contributed by atoms with Crippen LogP contribution in [0.5, 0.6) is 0 Å². The van der Waals surface area contributed by atoms with E-state index in [-0.39, 0.29) is 5.91 Å². The molecule has 2 aromatic rings. The normalized spacial score (nSPS) is 18.3. The molecule has 126 valence electrons. The number of likely N-dealkylation sites (tertiary alicyclic amines) is 1. The summed E-state index contributed by atoms with van der Waals surface area (Å²) in [5, 5.41) is 2.29. The zero-order valence-corrected chi connectivity index (χ0v) is 14.3. The van der Waals surface area contributed by atoms with Crippen LogP contribution >= 0.6 is 11.6 Å². The standard InChI is InChI=1S/C16H16ClN3O3S/c1-2-24(22,23)19-14-6-8-20(16(14)21)10-11-3-4-12-13(17)5-7-18-15(12)9-11/h2-5,7,9,14,19H,1,6,8,10H2. The highest BCUT2D eigenvalue weighted by Crippen LogP contribution is 2.23. The first-order valence-corrected chi connectivity index (χ1v) is 9.29. The summed E-state index contributed by atoms with van der Waals surface area (Å²) in [4.78, 5) is 18.3. The Morgan fingerprint density at radius 2 is 2.21 bits per heavy atom. The topological polar surface area (TPSA) is 79.4 Å². The van der Waals surface area contributed by atoms with Crippen molar-refractivity contribution in [2.45, 2.75) is 19.0 Å². The van der Waals surface area contributed by atoms with Crippen molar-refractivity contribution in [2.24, 2.45) is 0 Å². The summed E-state index contributed by atoms with van der Waals surface area (Å²) >= 11 is 6.12. The monoisotopic (exact) mass is 365 g/mol. The molecule has 2 heterocycles. The predicted octanol–water partition coefficient (Wildman–Crippen LogP) is 2.05. The molecule has 1 aliphatic rings. The summed E-state index contributed by atoms with van der Waals surface area (Å²) in [7, 11) is -3.62. The van der Waals surface area contributed by atoms with E-state index in [1.807, 2.05) is 18.2 Å². The van der Waals surface area contributed by atoms with Crippen molar-refractivity contribution >= 4 is 38.4 Å². The minimum Gasteiger partial charge on any atom is -0.337 e. The molecule has 0 radical (unpaired) electrons. The number of amides is 1. The first-order valence-electron chi connectivity index (χ1n) is 7.36. The number of halogens is 1. The van der Waals surface area contributed by atoms with Crippen molar-refractivity contribution in [1.82, 2.24) is 14.6 Å². The highest BCUT2D eigenvalue weighted by molar-refractivity contribution is 7.92. The average molecular weight is 366 g/mol. The van der Waals surface area contributed by atoms with E-state index in [9.17, 15) is 13.2 Å². The lowest BCUT2D eigenvalue weighted by Gasteiger charge is -2.17. The van der Waals surface area contributed by atoms with E-state index in [2.05, 4.69) is 16.3 Å². The molecule has 0 spiro atoms. The van der Waals surface area contributed by atoms with Gasteiger partial charge in [0.05, 0.1) is 10.5 Å². The maximum atomic E-state index is 12.3. The summed E-state index contributed by atoms with van der Waals surface area (Å²) in [6.45, 7) is 4.12. The number of nitrogens with one attached hydrogen (secondary N) is 1. The Balaban J connectivity index is 1.75. The van der Waals surface area contributed by atoms with Crippen LogP contribution in [-0.2, 0) is 21.4 Å². The molecule has 0 bridgehead atoms. The van der Waals surface area contributed by atoms with Crippen LogP contribution in [0.4, 0.5) is 0 Å². The number of rotatable bonds is 5. The fraction of sp³-hybridized carbons (Fsp3) is 0.250. The van der Waals surface area contributed by atoms with Crippen LogP contribution in [0.15, 0.2) is 42.4 Å². The van der Waals surface area contributed by atoms with E-state index >= 15 is 0 Å². The fourth-order valence-corrected chi connectivity index (χ4v) is 3.66. The van der Waals surface area contributed by atoms with E-state index in [0.717, 1.165) is 21.9 Å². The fourth-order valence-electron chi connectivity index (χ4n) is 2.73. The second kappa shape index (κ2) is 6.51. The van der Waals surface area contributed by atoms with E-state index in [0.29, 0.717) is 24.5 Å². The number of fused-ring (bicyclic) bond motifs is 1. The molecule has 0 saturated carbocycles. The number of hydrogen-bond acceptors (Lipinski definition) is 4. The third-order valence-electron chi connectivity index (χ3n) is 3.95. The van der Waals surface area contributed by atoms with Gasteiger partial charge in [-0.15, -0.1) is 0 Å². The number of carbonyl (C=O) groups excluding carboxylic acids is 1. The van der Waals surface area contributed by atoms with Gasteiger partial charge in [-0.1, -0.05) is 30.3 Å². The smallest absolute Gasteiger partial charge is 0.241 e. The molecule has 8 heteroatoms. The third-order valence-corrected chi connectivity index (χ3v) is 5.33. The van der Waals surface area contributed by atoms with E-state index in [4.69, 9.17) is 11.6 Å². The Hall–Kier alpha value is -1.96. The minimum atomic E-state index is -3.62. The molecule has 6 nitrogen and oxygen atoms in total. The summed E-state index contributed by atoms with van der Waals surface area (Å²) in [6, 6.07) is 6.64. The summed E-state index contributed by atoms with van der Waals surface area (Å²) < 4.78 is 25.4. The van der Waals surface area contributed by atoms with Crippen LogP contribution < -0.4 is 4.72 Å². The minimum absolute atomic E-state index is 0.237. The number of hydrogen-bond donors (Lipinski definition) is 1. The van der Waals surface area contributed by atoms with E-state index in [1.54, 1.807) is 17.2 Å². The van der Waals surface area contributed by atoms with Crippen LogP contribution in [0.3, 0.4) is 0 Å². The zero-order chi connectivity index (χ0) is 17.3.